The van der Waals surface area contributed by atoms with Crippen molar-refractivity contribution < 1.29 is 14.1 Å². The Morgan fingerprint density at radius 2 is 2.14 bits per heavy atom. The Morgan fingerprint density at radius 3 is 2.76 bits per heavy atom. The number of rotatable bonds is 6. The van der Waals surface area contributed by atoms with Gasteiger partial charge in [0.05, 0.1) is 16.6 Å². The molecule has 2 rings (SSSR count). The molecular formula is C13H16N4O3S. The highest BCUT2D eigenvalue weighted by Crippen LogP contribution is 2.12. The van der Waals surface area contributed by atoms with E-state index >= 15 is 0 Å². The first kappa shape index (κ1) is 15.2. The van der Waals surface area contributed by atoms with Crippen LogP contribution in [0.15, 0.2) is 41.8 Å². The Morgan fingerprint density at radius 1 is 1.43 bits per heavy atom. The molecule has 1 aromatic heterocycles. The molecule has 0 saturated heterocycles. The van der Waals surface area contributed by atoms with Gasteiger partial charge in [-0.05, 0) is 17.5 Å². The summed E-state index contributed by atoms with van der Waals surface area (Å²) in [7, 11) is -1.37. The topological polar surface area (TPSA) is 124 Å². The summed E-state index contributed by atoms with van der Waals surface area (Å²) < 4.78 is 13.4. The zero-order valence-corrected chi connectivity index (χ0v) is 12.0. The van der Waals surface area contributed by atoms with Crippen LogP contribution in [0.1, 0.15) is 11.1 Å². The predicted molar refractivity (Wildman–Crippen MR) is 78.2 cm³/mol. The Balaban J connectivity index is 2.09. The van der Waals surface area contributed by atoms with Crippen LogP contribution in [0, 0.1) is 0 Å². The summed E-state index contributed by atoms with van der Waals surface area (Å²) in [6.07, 6.45) is 3.23. The zero-order chi connectivity index (χ0) is 15.4. The fraction of sp³-hybridized carbons (Fsp3) is 0.231. The molecule has 2 unspecified atom stereocenters. The molecule has 0 amide bonds. The van der Waals surface area contributed by atoms with Crippen molar-refractivity contribution in [2.24, 2.45) is 5.73 Å². The maximum Gasteiger partial charge on any atom is 0.320 e. The highest BCUT2D eigenvalue weighted by atomic mass is 32.2. The molecule has 5 N–H and O–H groups in total. The van der Waals surface area contributed by atoms with Crippen molar-refractivity contribution in [1.29, 1.82) is 0 Å². The van der Waals surface area contributed by atoms with Crippen LogP contribution in [-0.2, 0) is 27.8 Å². The van der Waals surface area contributed by atoms with E-state index in [1.54, 1.807) is 18.2 Å². The summed E-state index contributed by atoms with van der Waals surface area (Å²) >= 11 is 0. The van der Waals surface area contributed by atoms with Crippen LogP contribution in [0.25, 0.3) is 0 Å². The first-order chi connectivity index (χ1) is 9.97. The van der Waals surface area contributed by atoms with Crippen molar-refractivity contribution in [3.05, 3.63) is 47.8 Å². The highest BCUT2D eigenvalue weighted by molar-refractivity contribution is 7.84. The lowest BCUT2D eigenvalue weighted by molar-refractivity contribution is -0.138. The van der Waals surface area contributed by atoms with E-state index in [9.17, 15) is 9.00 Å². The van der Waals surface area contributed by atoms with Gasteiger partial charge >= 0.3 is 5.97 Å². The molecule has 0 aliphatic rings. The third kappa shape index (κ3) is 3.89. The number of aromatic nitrogens is 2. The Labute approximate surface area is 124 Å². The van der Waals surface area contributed by atoms with E-state index in [4.69, 9.17) is 16.7 Å². The minimum Gasteiger partial charge on any atom is -0.480 e. The van der Waals surface area contributed by atoms with Crippen molar-refractivity contribution in [3.8, 4) is 0 Å². The Kier molecular flexibility index (Phi) is 4.71. The number of imidazole rings is 1. The van der Waals surface area contributed by atoms with Crippen LogP contribution in [0.3, 0.4) is 0 Å². The van der Waals surface area contributed by atoms with E-state index < -0.39 is 22.8 Å². The number of benzene rings is 1. The average molecular weight is 308 g/mol. The second-order valence-electron chi connectivity index (χ2n) is 4.58. The van der Waals surface area contributed by atoms with Gasteiger partial charge in [-0.15, -0.1) is 0 Å². The largest absolute Gasteiger partial charge is 0.480 e. The van der Waals surface area contributed by atoms with Crippen molar-refractivity contribution in [1.82, 2.24) is 9.66 Å². The lowest BCUT2D eigenvalue weighted by Crippen LogP contribution is -2.32. The van der Waals surface area contributed by atoms with E-state index in [1.807, 2.05) is 6.07 Å². The summed E-state index contributed by atoms with van der Waals surface area (Å²) in [5.74, 6) is 4.81. The summed E-state index contributed by atoms with van der Waals surface area (Å²) in [6.45, 7) is 0. The maximum absolute atomic E-state index is 12.2. The predicted octanol–water partition coefficient (Wildman–Crippen LogP) is -0.141. The number of nitrogen functional groups attached to an aromatic ring is 1. The fourth-order valence-corrected chi connectivity index (χ4v) is 2.97. The smallest absolute Gasteiger partial charge is 0.320 e. The quantitative estimate of drug-likeness (QED) is 0.638. The minimum atomic E-state index is -1.37. The van der Waals surface area contributed by atoms with Crippen molar-refractivity contribution in [2.45, 2.75) is 23.4 Å². The van der Waals surface area contributed by atoms with Gasteiger partial charge in [0, 0.05) is 12.4 Å². The van der Waals surface area contributed by atoms with Crippen molar-refractivity contribution in [2.75, 3.05) is 5.84 Å². The average Bonchev–Trinajstić information content (AvgIpc) is 2.85. The zero-order valence-electron chi connectivity index (χ0n) is 11.2. The number of carbonyl (C=O) groups is 1. The van der Waals surface area contributed by atoms with E-state index in [-0.39, 0.29) is 12.2 Å². The van der Waals surface area contributed by atoms with Crippen LogP contribution >= 0.6 is 0 Å². The molecule has 2 aromatic rings. The molecule has 0 saturated carbocycles. The number of aliphatic carboxylic acids is 1. The standard InChI is InChI=1S/C13H16N4O3S/c14-11(12(18)19)7-9-2-1-3-10(6-9)8-21(20)13-16-4-5-17(13)15/h1-6,11H,7-8,14-15H2,(H,18,19). The van der Waals surface area contributed by atoms with E-state index in [0.29, 0.717) is 5.16 Å². The van der Waals surface area contributed by atoms with Gasteiger partial charge in [0.1, 0.15) is 6.04 Å². The van der Waals surface area contributed by atoms with Crippen LogP contribution < -0.4 is 11.6 Å². The normalized spacial score (nSPS) is 13.8. The molecule has 2 atom stereocenters. The molecule has 0 aliphatic heterocycles. The van der Waals surface area contributed by atoms with E-state index in [2.05, 4.69) is 4.98 Å². The van der Waals surface area contributed by atoms with E-state index in [1.165, 1.54) is 17.1 Å². The van der Waals surface area contributed by atoms with Gasteiger partial charge in [0.2, 0.25) is 5.16 Å². The first-order valence-electron chi connectivity index (χ1n) is 6.20. The number of carboxylic acids is 1. The molecule has 0 bridgehead atoms. The van der Waals surface area contributed by atoms with Gasteiger partial charge in [-0.2, -0.15) is 0 Å². The number of nitrogens with two attached hydrogens (primary N) is 2. The molecule has 0 radical (unpaired) electrons. The Bertz CT molecular complexity index is 671. The fourth-order valence-electron chi connectivity index (χ4n) is 1.88. The van der Waals surface area contributed by atoms with Gasteiger partial charge in [0.25, 0.3) is 0 Å². The monoisotopic (exact) mass is 308 g/mol. The second kappa shape index (κ2) is 6.51. The molecule has 1 aromatic carbocycles. The number of carboxylic acid groups (broad SMARTS) is 1. The summed E-state index contributed by atoms with van der Waals surface area (Å²) in [5, 5.41) is 9.11. The third-order valence-corrected chi connectivity index (χ3v) is 4.22. The number of hydrogen-bond acceptors (Lipinski definition) is 5. The van der Waals surface area contributed by atoms with Gasteiger partial charge in [-0.3, -0.25) is 9.00 Å². The number of hydrogen-bond donors (Lipinski definition) is 3. The van der Waals surface area contributed by atoms with Crippen LogP contribution in [0.5, 0.6) is 0 Å². The molecule has 0 spiro atoms. The summed E-state index contributed by atoms with van der Waals surface area (Å²) in [5.41, 5.74) is 7.11. The molecular weight excluding hydrogens is 292 g/mol. The van der Waals surface area contributed by atoms with Crippen LogP contribution in [0.2, 0.25) is 0 Å². The van der Waals surface area contributed by atoms with Gasteiger partial charge in [-0.1, -0.05) is 24.3 Å². The van der Waals surface area contributed by atoms with Gasteiger partial charge in [0.15, 0.2) is 0 Å². The lowest BCUT2D eigenvalue weighted by atomic mass is 10.0. The van der Waals surface area contributed by atoms with E-state index in [0.717, 1.165) is 11.1 Å². The first-order valence-corrected chi connectivity index (χ1v) is 7.52. The molecule has 0 aliphatic carbocycles. The minimum absolute atomic E-state index is 0.224. The molecule has 112 valence electrons. The third-order valence-electron chi connectivity index (χ3n) is 2.90. The maximum atomic E-state index is 12.2. The van der Waals surface area contributed by atoms with Crippen molar-refractivity contribution >= 4 is 16.8 Å². The molecule has 8 heteroatoms. The summed E-state index contributed by atoms with van der Waals surface area (Å²) in [6, 6.07) is 6.24. The molecule has 21 heavy (non-hydrogen) atoms. The second-order valence-corrected chi connectivity index (χ2v) is 5.92. The molecule has 1 heterocycles. The molecule has 7 nitrogen and oxygen atoms in total. The SMILES string of the molecule is NC(Cc1cccc(CS(=O)c2nccn2N)c1)C(=O)O. The van der Waals surface area contributed by atoms with Gasteiger partial charge < -0.3 is 16.7 Å². The van der Waals surface area contributed by atoms with Crippen molar-refractivity contribution in [3.63, 3.8) is 0 Å². The highest BCUT2D eigenvalue weighted by Gasteiger charge is 2.14. The van der Waals surface area contributed by atoms with Crippen LogP contribution in [0.4, 0.5) is 0 Å². The van der Waals surface area contributed by atoms with Crippen LogP contribution in [-0.4, -0.2) is 31.0 Å². The Hall–Kier alpha value is -2.19. The van der Waals surface area contributed by atoms with Gasteiger partial charge in [-0.25, -0.2) is 9.66 Å². The lowest BCUT2D eigenvalue weighted by Gasteiger charge is -2.08. The molecule has 0 fully saturated rings. The number of nitrogens with zero attached hydrogens (tertiary/aromatic N) is 2. The summed E-state index contributed by atoms with van der Waals surface area (Å²) in [4.78, 5) is 14.7.